The van der Waals surface area contributed by atoms with Crippen molar-refractivity contribution in [1.82, 2.24) is 4.72 Å². The molecule has 0 aromatic rings. The first-order valence-electron chi connectivity index (χ1n) is 8.98. The zero-order valence-electron chi connectivity index (χ0n) is 17.4. The lowest BCUT2D eigenvalue weighted by Crippen LogP contribution is -2.64. The molecule has 9 nitrogen and oxygen atoms in total. The first-order chi connectivity index (χ1) is 14.6. The summed E-state index contributed by atoms with van der Waals surface area (Å²) in [5, 5.41) is -14.0. The number of amides is 1. The fourth-order valence-electron chi connectivity index (χ4n) is 2.40. The summed E-state index contributed by atoms with van der Waals surface area (Å²) >= 11 is 0. The quantitative estimate of drug-likeness (QED) is 0.211. The summed E-state index contributed by atoms with van der Waals surface area (Å²) in [6, 6.07) is 0. The molecule has 0 aliphatic rings. The Morgan fingerprint density at radius 2 is 1.45 bits per heavy atom. The molecule has 1 unspecified atom stereocenters. The summed E-state index contributed by atoms with van der Waals surface area (Å²) in [5.74, 6) is -10.3. The van der Waals surface area contributed by atoms with Gasteiger partial charge in [-0.15, -0.1) is 0 Å². The predicted octanol–water partition coefficient (Wildman–Crippen LogP) is 2.69. The third-order valence-electron chi connectivity index (χ3n) is 4.30. The van der Waals surface area contributed by atoms with Crippen LogP contribution in [0.5, 0.6) is 0 Å². The van der Waals surface area contributed by atoms with Gasteiger partial charge in [0, 0.05) is 12.2 Å². The minimum atomic E-state index is -7.34. The average molecular weight is 552 g/mol. The van der Waals surface area contributed by atoms with E-state index in [2.05, 4.69) is 0 Å². The molecule has 0 saturated carbocycles. The van der Waals surface area contributed by atoms with Crippen LogP contribution in [0.25, 0.3) is 4.85 Å². The number of rotatable bonds is 13. The number of sulfone groups is 2. The number of carbonyl (C=O) groups is 1. The molecule has 0 heterocycles. The molecule has 18 heteroatoms. The average Bonchev–Trinajstić information content (AvgIpc) is 2.63. The number of carbonyl (C=O) groups excluding carboxylic acids is 1. The Kier molecular flexibility index (Phi) is 9.72. The number of unbranched alkanes of at least 4 members (excludes halogenated alkanes) is 2. The summed E-state index contributed by atoms with van der Waals surface area (Å²) in [7, 11) is -19.8. The van der Waals surface area contributed by atoms with Gasteiger partial charge >= 0.3 is 26.5 Å². The molecule has 0 aliphatic carbocycles. The Morgan fingerprint density at radius 3 is 1.82 bits per heavy atom. The first-order valence-corrected chi connectivity index (χ1v) is 13.8. The van der Waals surface area contributed by atoms with Gasteiger partial charge in [0.2, 0.25) is 10.6 Å². The number of hydrogen-bond donors (Lipinski definition) is 1. The standard InChI is InChI=1S/C15H21F6N2O7S3/c1-5-7-8-9-10(6-2)11(24)23-33(29,30)15(20,21)13(16,17)14(18,19)32(27,28)12(22-3)31(4,25)26/h10H,5-9H2,1-2,4H3,(H,23,24)/q-1. The van der Waals surface area contributed by atoms with Crippen LogP contribution < -0.4 is 4.72 Å². The van der Waals surface area contributed by atoms with Crippen molar-refractivity contribution in [3.05, 3.63) is 16.1 Å². The van der Waals surface area contributed by atoms with Crippen molar-refractivity contribution < 1.29 is 56.4 Å². The van der Waals surface area contributed by atoms with Crippen LogP contribution in [0.2, 0.25) is 0 Å². The van der Waals surface area contributed by atoms with Crippen LogP contribution in [-0.2, 0) is 34.5 Å². The summed E-state index contributed by atoms with van der Waals surface area (Å²) in [6.45, 7) is 9.46. The smallest absolute Gasteiger partial charge is 0.426 e. The normalized spacial score (nSPS) is 14.9. The van der Waals surface area contributed by atoms with Crippen LogP contribution in [-0.4, -0.2) is 53.8 Å². The lowest BCUT2D eigenvalue weighted by molar-refractivity contribution is -0.243. The first kappa shape index (κ1) is 31.3. The van der Waals surface area contributed by atoms with E-state index in [9.17, 15) is 56.4 Å². The minimum Gasteiger partial charge on any atom is -0.426 e. The van der Waals surface area contributed by atoms with Crippen LogP contribution in [0, 0.1) is 17.2 Å². The molecule has 0 bridgehead atoms. The number of nitrogens with one attached hydrogen (secondary N) is 1. The van der Waals surface area contributed by atoms with Crippen molar-refractivity contribution in [2.45, 2.75) is 62.4 Å². The Balaban J connectivity index is 6.34. The molecule has 33 heavy (non-hydrogen) atoms. The van der Waals surface area contributed by atoms with Gasteiger partial charge < -0.3 is 4.85 Å². The summed E-state index contributed by atoms with van der Waals surface area (Å²) in [4.78, 5) is 13.7. The van der Waals surface area contributed by atoms with Crippen LogP contribution in [0.3, 0.4) is 0 Å². The molecule has 0 aliphatic heterocycles. The molecule has 1 N–H and O–H groups in total. The summed E-state index contributed by atoms with van der Waals surface area (Å²) < 4.78 is 152. The Bertz CT molecular complexity index is 1080. The van der Waals surface area contributed by atoms with Crippen molar-refractivity contribution in [2.75, 3.05) is 6.26 Å². The monoisotopic (exact) mass is 551 g/mol. The van der Waals surface area contributed by atoms with E-state index >= 15 is 0 Å². The molecule has 0 spiro atoms. The molecule has 0 fully saturated rings. The molecule has 0 radical (unpaired) electrons. The van der Waals surface area contributed by atoms with Gasteiger partial charge in [-0.1, -0.05) is 33.1 Å². The number of nitrogens with zero attached hydrogens (tertiary/aromatic N) is 1. The second kappa shape index (κ2) is 10.3. The highest BCUT2D eigenvalue weighted by atomic mass is 32.3. The highest BCUT2D eigenvalue weighted by Gasteiger charge is 2.82. The van der Waals surface area contributed by atoms with E-state index in [1.54, 1.807) is 11.8 Å². The van der Waals surface area contributed by atoms with E-state index in [1.165, 1.54) is 6.92 Å². The molecule has 1 atom stereocenters. The highest BCUT2D eigenvalue weighted by molar-refractivity contribution is 8.13. The van der Waals surface area contributed by atoms with E-state index in [-0.39, 0.29) is 19.1 Å². The molecular weight excluding hydrogens is 530 g/mol. The molecule has 1 amide bonds. The maximum Gasteiger partial charge on any atom is 0.432 e. The topological polar surface area (TPSA) is 136 Å². The highest BCUT2D eigenvalue weighted by Crippen LogP contribution is 2.53. The van der Waals surface area contributed by atoms with E-state index < -0.39 is 62.7 Å². The largest absolute Gasteiger partial charge is 0.432 e. The van der Waals surface area contributed by atoms with Crippen LogP contribution in [0.15, 0.2) is 0 Å². The van der Waals surface area contributed by atoms with Gasteiger partial charge in [0.15, 0.2) is 9.84 Å². The van der Waals surface area contributed by atoms with Crippen molar-refractivity contribution in [2.24, 2.45) is 5.92 Å². The lowest BCUT2D eigenvalue weighted by Gasteiger charge is -2.34. The van der Waals surface area contributed by atoms with Gasteiger partial charge in [-0.25, -0.2) is 13.1 Å². The van der Waals surface area contributed by atoms with Gasteiger partial charge in [-0.05, 0) is 12.8 Å². The third kappa shape index (κ3) is 5.85. The van der Waals surface area contributed by atoms with Crippen molar-refractivity contribution >= 4 is 35.6 Å². The minimum absolute atomic E-state index is 0.0458. The van der Waals surface area contributed by atoms with Gasteiger partial charge in [0.1, 0.15) is 9.84 Å². The van der Waals surface area contributed by atoms with Crippen LogP contribution in [0.4, 0.5) is 26.3 Å². The van der Waals surface area contributed by atoms with E-state index in [1.807, 2.05) is 0 Å². The van der Waals surface area contributed by atoms with Gasteiger partial charge in [0.25, 0.3) is 0 Å². The number of alkyl halides is 6. The van der Waals surface area contributed by atoms with Crippen molar-refractivity contribution in [3.63, 3.8) is 0 Å². The molecule has 0 saturated heterocycles. The summed E-state index contributed by atoms with van der Waals surface area (Å²) in [5.41, 5.74) is 0. The number of hydrogen-bond acceptors (Lipinski definition) is 7. The lowest BCUT2D eigenvalue weighted by atomic mass is 9.98. The Hall–Kier alpha value is -1.74. The Morgan fingerprint density at radius 1 is 0.970 bits per heavy atom. The third-order valence-corrected chi connectivity index (χ3v) is 9.48. The van der Waals surface area contributed by atoms with Crippen molar-refractivity contribution in [1.29, 1.82) is 0 Å². The Labute approximate surface area is 187 Å². The summed E-state index contributed by atoms with van der Waals surface area (Å²) in [6.07, 6.45) is 1.21. The fourth-order valence-corrected chi connectivity index (χ4v) is 6.37. The van der Waals surface area contributed by atoms with Gasteiger partial charge in [-0.3, -0.25) is 19.8 Å². The van der Waals surface area contributed by atoms with Gasteiger partial charge in [-0.2, -0.15) is 34.8 Å². The SMILES string of the molecule is [C-]#[N+][C-](S(C)(=O)=O)S(=O)(=O)C(F)(F)C(F)(F)C(F)(F)S(=O)(=O)NC(=O)C(CC)CCCCC. The second-order valence-electron chi connectivity index (χ2n) is 6.83. The fraction of sp³-hybridized carbons (Fsp3) is 0.800. The molecule has 194 valence electrons. The second-order valence-corrected chi connectivity index (χ2v) is 12.7. The predicted molar refractivity (Wildman–Crippen MR) is 103 cm³/mol. The van der Waals surface area contributed by atoms with Crippen molar-refractivity contribution in [3.8, 4) is 0 Å². The number of sulfonamides is 1. The molecule has 0 rings (SSSR count). The molecule has 0 aromatic heterocycles. The maximum absolute atomic E-state index is 14.2. The van der Waals surface area contributed by atoms with Crippen LogP contribution in [0.1, 0.15) is 46.0 Å². The zero-order chi connectivity index (χ0) is 26.7. The number of halogens is 6. The van der Waals surface area contributed by atoms with Crippen LogP contribution >= 0.6 is 0 Å². The molecular formula is C15H21F6N2O7S3-. The van der Waals surface area contributed by atoms with Gasteiger partial charge in [0.05, 0.1) is 0 Å². The molecule has 0 aromatic carbocycles. The van der Waals surface area contributed by atoms with E-state index in [4.69, 9.17) is 6.57 Å². The zero-order valence-corrected chi connectivity index (χ0v) is 19.9. The van der Waals surface area contributed by atoms with E-state index in [0.717, 1.165) is 0 Å². The van der Waals surface area contributed by atoms with E-state index in [0.29, 0.717) is 24.0 Å². The maximum atomic E-state index is 14.2.